The zero-order valence-electron chi connectivity index (χ0n) is 13.6. The Bertz CT molecular complexity index is 899. The molecule has 0 atom stereocenters. The lowest BCUT2D eigenvalue weighted by Gasteiger charge is -2.19. The molecule has 2 aromatic heterocycles. The highest BCUT2D eigenvalue weighted by molar-refractivity contribution is 6.29. The van der Waals surface area contributed by atoms with Crippen molar-refractivity contribution in [2.75, 3.05) is 5.32 Å². The number of benzene rings is 1. The Kier molecular flexibility index (Phi) is 4.15. The van der Waals surface area contributed by atoms with Crippen molar-refractivity contribution in [3.8, 4) is 0 Å². The number of halogens is 1. The minimum Gasteiger partial charge on any atom is -0.456 e. The van der Waals surface area contributed by atoms with Gasteiger partial charge in [0.2, 0.25) is 0 Å². The summed E-state index contributed by atoms with van der Waals surface area (Å²) in [6.45, 7) is 5.50. The lowest BCUT2D eigenvalue weighted by molar-refractivity contribution is 0.00696. The Labute approximate surface area is 144 Å². The Morgan fingerprint density at radius 3 is 2.83 bits per heavy atom. The van der Waals surface area contributed by atoms with Crippen LogP contribution in [-0.4, -0.2) is 26.2 Å². The average Bonchev–Trinajstić information content (AvgIpc) is 2.94. The van der Waals surface area contributed by atoms with Crippen molar-refractivity contribution in [3.05, 3.63) is 53.4 Å². The molecule has 0 aliphatic carbocycles. The van der Waals surface area contributed by atoms with Crippen LogP contribution in [0.15, 0.2) is 42.7 Å². The minimum atomic E-state index is -0.541. The van der Waals surface area contributed by atoms with E-state index in [4.69, 9.17) is 16.3 Å². The summed E-state index contributed by atoms with van der Waals surface area (Å²) < 4.78 is 6.98. The summed E-state index contributed by atoms with van der Waals surface area (Å²) in [4.78, 5) is 16.4. The normalized spacial score (nSPS) is 11.5. The molecule has 0 amide bonds. The van der Waals surface area contributed by atoms with E-state index in [1.165, 1.54) is 0 Å². The number of esters is 1. The molecule has 124 valence electrons. The van der Waals surface area contributed by atoms with Crippen LogP contribution < -0.4 is 5.32 Å². The van der Waals surface area contributed by atoms with Gasteiger partial charge in [0.1, 0.15) is 5.60 Å². The average molecular weight is 345 g/mol. The van der Waals surface area contributed by atoms with E-state index >= 15 is 0 Å². The van der Waals surface area contributed by atoms with E-state index in [2.05, 4.69) is 15.4 Å². The third-order valence-electron chi connectivity index (χ3n) is 3.11. The van der Waals surface area contributed by atoms with Gasteiger partial charge in [-0.3, -0.25) is 0 Å². The highest BCUT2D eigenvalue weighted by Crippen LogP contribution is 2.24. The number of carbonyl (C=O) groups excluding carboxylic acids is 1. The van der Waals surface area contributed by atoms with E-state index < -0.39 is 5.60 Å². The molecule has 0 saturated carbocycles. The fraction of sp³-hybridized carbons (Fsp3) is 0.235. The van der Waals surface area contributed by atoms with Gasteiger partial charge in [-0.05, 0) is 39.0 Å². The van der Waals surface area contributed by atoms with Gasteiger partial charge < -0.3 is 10.1 Å². The number of rotatable bonds is 3. The summed E-state index contributed by atoms with van der Waals surface area (Å²) in [5.41, 5.74) is 1.99. The number of hydrogen-bond donors (Lipinski definition) is 1. The fourth-order valence-corrected chi connectivity index (χ4v) is 2.38. The van der Waals surface area contributed by atoms with Crippen molar-refractivity contribution < 1.29 is 9.53 Å². The molecular weight excluding hydrogens is 328 g/mol. The molecule has 0 spiro atoms. The first-order valence-electron chi connectivity index (χ1n) is 7.42. The first-order chi connectivity index (χ1) is 11.3. The van der Waals surface area contributed by atoms with Crippen molar-refractivity contribution in [1.29, 1.82) is 0 Å². The van der Waals surface area contributed by atoms with E-state index in [9.17, 15) is 4.79 Å². The van der Waals surface area contributed by atoms with E-state index in [-0.39, 0.29) is 5.97 Å². The van der Waals surface area contributed by atoms with Gasteiger partial charge in [-0.1, -0.05) is 17.7 Å². The van der Waals surface area contributed by atoms with Crippen LogP contribution in [0.25, 0.3) is 5.65 Å². The molecule has 2 heterocycles. The van der Waals surface area contributed by atoms with Crippen molar-refractivity contribution in [3.63, 3.8) is 0 Å². The molecule has 0 fully saturated rings. The Balaban J connectivity index is 1.89. The number of imidazole rings is 1. The van der Waals surface area contributed by atoms with Gasteiger partial charge in [-0.25, -0.2) is 14.3 Å². The summed E-state index contributed by atoms with van der Waals surface area (Å²) in [6.07, 6.45) is 3.35. The zero-order chi connectivity index (χ0) is 17.3. The molecular formula is C17H17ClN4O2. The number of nitrogens with zero attached hydrogens (tertiary/aromatic N) is 3. The van der Waals surface area contributed by atoms with E-state index in [1.807, 2.05) is 26.8 Å². The van der Waals surface area contributed by atoms with E-state index in [0.29, 0.717) is 22.1 Å². The van der Waals surface area contributed by atoms with Crippen molar-refractivity contribution in [2.24, 2.45) is 0 Å². The molecule has 0 unspecified atom stereocenters. The lowest BCUT2D eigenvalue weighted by Crippen LogP contribution is -2.23. The number of anilines is 2. The van der Waals surface area contributed by atoms with Crippen LogP contribution in [-0.2, 0) is 4.74 Å². The predicted octanol–water partition coefficient (Wildman–Crippen LogP) is 4.08. The molecule has 24 heavy (non-hydrogen) atoms. The maximum absolute atomic E-state index is 12.2. The molecule has 0 aliphatic heterocycles. The first-order valence-corrected chi connectivity index (χ1v) is 7.80. The van der Waals surface area contributed by atoms with Crippen LogP contribution in [0.2, 0.25) is 5.15 Å². The van der Waals surface area contributed by atoms with Crippen LogP contribution in [0, 0.1) is 0 Å². The SMILES string of the molecule is CC(C)(C)OC(=O)c1cccc(Nc2cc(Cl)nn3ccnc23)c1. The summed E-state index contributed by atoms with van der Waals surface area (Å²) in [5.74, 6) is -0.370. The molecule has 3 rings (SSSR count). The van der Waals surface area contributed by atoms with Crippen molar-refractivity contribution in [1.82, 2.24) is 14.6 Å². The second kappa shape index (κ2) is 6.13. The first kappa shape index (κ1) is 16.3. The summed E-state index contributed by atoms with van der Waals surface area (Å²) in [7, 11) is 0. The largest absolute Gasteiger partial charge is 0.456 e. The highest BCUT2D eigenvalue weighted by Gasteiger charge is 2.18. The van der Waals surface area contributed by atoms with Gasteiger partial charge in [-0.2, -0.15) is 5.10 Å². The Morgan fingerprint density at radius 1 is 1.29 bits per heavy atom. The van der Waals surface area contributed by atoms with Crippen LogP contribution in [0.4, 0.5) is 11.4 Å². The van der Waals surface area contributed by atoms with E-state index in [0.717, 1.165) is 5.69 Å². The van der Waals surface area contributed by atoms with Crippen LogP contribution in [0.3, 0.4) is 0 Å². The third kappa shape index (κ3) is 3.65. The van der Waals surface area contributed by atoms with E-state index in [1.54, 1.807) is 41.2 Å². The lowest BCUT2D eigenvalue weighted by atomic mass is 10.1. The molecule has 6 nitrogen and oxygen atoms in total. The van der Waals surface area contributed by atoms with Crippen molar-refractivity contribution in [2.45, 2.75) is 26.4 Å². The number of ether oxygens (including phenoxy) is 1. The topological polar surface area (TPSA) is 68.5 Å². The van der Waals surface area contributed by atoms with Crippen molar-refractivity contribution >= 4 is 34.6 Å². The smallest absolute Gasteiger partial charge is 0.338 e. The quantitative estimate of drug-likeness (QED) is 0.725. The summed E-state index contributed by atoms with van der Waals surface area (Å²) >= 11 is 6.03. The van der Waals surface area contributed by atoms with Gasteiger partial charge in [0.25, 0.3) is 0 Å². The molecule has 0 saturated heterocycles. The predicted molar refractivity (Wildman–Crippen MR) is 92.9 cm³/mol. The second-order valence-electron chi connectivity index (χ2n) is 6.28. The monoisotopic (exact) mass is 344 g/mol. The molecule has 3 aromatic rings. The standard InChI is InChI=1S/C17H17ClN4O2/c1-17(2,3)24-16(23)11-5-4-6-12(9-11)20-13-10-14(18)21-22-8-7-19-15(13)22/h4-10,20H,1-3H3. The second-order valence-corrected chi connectivity index (χ2v) is 6.67. The van der Waals surface area contributed by atoms with Gasteiger partial charge in [0.05, 0.1) is 11.3 Å². The number of aromatic nitrogens is 3. The Hall–Kier alpha value is -2.60. The minimum absolute atomic E-state index is 0.339. The van der Waals surface area contributed by atoms with Gasteiger partial charge in [-0.15, -0.1) is 0 Å². The summed E-state index contributed by atoms with van der Waals surface area (Å²) in [5, 5.41) is 7.69. The van der Waals surface area contributed by atoms with Gasteiger partial charge >= 0.3 is 5.97 Å². The molecule has 7 heteroatoms. The van der Waals surface area contributed by atoms with Gasteiger partial charge in [0.15, 0.2) is 10.8 Å². The number of hydrogen-bond acceptors (Lipinski definition) is 5. The highest BCUT2D eigenvalue weighted by atomic mass is 35.5. The van der Waals surface area contributed by atoms with Crippen LogP contribution >= 0.6 is 11.6 Å². The molecule has 0 bridgehead atoms. The maximum atomic E-state index is 12.2. The number of carbonyl (C=O) groups is 1. The number of fused-ring (bicyclic) bond motifs is 1. The molecule has 1 N–H and O–H groups in total. The van der Waals surface area contributed by atoms with Gasteiger partial charge in [0, 0.05) is 24.1 Å². The molecule has 1 aromatic carbocycles. The zero-order valence-corrected chi connectivity index (χ0v) is 14.3. The Morgan fingerprint density at radius 2 is 2.08 bits per heavy atom. The molecule has 0 radical (unpaired) electrons. The maximum Gasteiger partial charge on any atom is 0.338 e. The third-order valence-corrected chi connectivity index (χ3v) is 3.29. The van der Waals surface area contributed by atoms with Crippen LogP contribution in [0.1, 0.15) is 31.1 Å². The molecule has 0 aliphatic rings. The van der Waals surface area contributed by atoms with Crippen LogP contribution in [0.5, 0.6) is 0 Å². The summed E-state index contributed by atoms with van der Waals surface area (Å²) in [6, 6.07) is 8.75. The number of nitrogens with one attached hydrogen (secondary N) is 1. The fourth-order valence-electron chi connectivity index (χ4n) is 2.19.